The van der Waals surface area contributed by atoms with E-state index in [4.69, 9.17) is 16.3 Å². The molecule has 0 unspecified atom stereocenters. The Morgan fingerprint density at radius 1 is 1.26 bits per heavy atom. The number of nitrogens with one attached hydrogen (secondary N) is 1. The second-order valence-electron chi connectivity index (χ2n) is 7.95. The van der Waals surface area contributed by atoms with Crippen LogP contribution in [-0.2, 0) is 11.3 Å². The van der Waals surface area contributed by atoms with Gasteiger partial charge in [0.05, 0.1) is 18.2 Å². The molecule has 1 aliphatic heterocycles. The van der Waals surface area contributed by atoms with E-state index in [-0.39, 0.29) is 5.78 Å². The first kappa shape index (κ1) is 18.7. The largest absolute Gasteiger partial charge is 0.491 e. The lowest BCUT2D eigenvalue weighted by atomic mass is 10.0. The van der Waals surface area contributed by atoms with Crippen molar-refractivity contribution in [3.05, 3.63) is 40.9 Å². The molecule has 0 amide bonds. The molecule has 1 saturated heterocycles. The molecule has 0 bridgehead atoms. The molecule has 144 valence electrons. The first-order chi connectivity index (χ1) is 13.1. The van der Waals surface area contributed by atoms with Gasteiger partial charge >= 0.3 is 0 Å². The number of ketones is 1. The summed E-state index contributed by atoms with van der Waals surface area (Å²) in [4.78, 5) is 13.6. The van der Waals surface area contributed by atoms with Gasteiger partial charge in [0.25, 0.3) is 0 Å². The quantitative estimate of drug-likeness (QED) is 0.743. The smallest absolute Gasteiger partial charge is 0.145 e. The summed E-state index contributed by atoms with van der Waals surface area (Å²) in [6, 6.07) is 10.8. The summed E-state index contributed by atoms with van der Waals surface area (Å²) < 4.78 is 6.08. The standard InChI is InChI=1S/C22H27ClN2O2/c1-15(26)11-24-18-8-9-25(13-18)12-17-10-21(23)22(27-14-16-6-7-16)20-5-3-2-4-19(17)20/h2-5,10,16,18,24H,6-9,11-14H2,1H3/t18-/m1/s1. The van der Waals surface area contributed by atoms with Gasteiger partial charge in [0, 0.05) is 31.1 Å². The Hall–Kier alpha value is -1.62. The molecule has 2 aliphatic rings. The van der Waals surface area contributed by atoms with Crippen molar-refractivity contribution in [2.75, 3.05) is 26.2 Å². The molecule has 1 N–H and O–H groups in total. The second kappa shape index (κ2) is 8.17. The summed E-state index contributed by atoms with van der Waals surface area (Å²) >= 11 is 6.62. The fraction of sp³-hybridized carbons (Fsp3) is 0.500. The highest BCUT2D eigenvalue weighted by molar-refractivity contribution is 6.33. The van der Waals surface area contributed by atoms with Gasteiger partial charge in [-0.15, -0.1) is 0 Å². The summed E-state index contributed by atoms with van der Waals surface area (Å²) in [5, 5.41) is 6.37. The predicted molar refractivity (Wildman–Crippen MR) is 110 cm³/mol. The predicted octanol–water partition coefficient (Wildman–Crippen LogP) is 4.03. The summed E-state index contributed by atoms with van der Waals surface area (Å²) in [5.41, 5.74) is 1.24. The fourth-order valence-corrected chi connectivity index (χ4v) is 4.11. The number of carbonyl (C=O) groups is 1. The average Bonchev–Trinajstić information content (AvgIpc) is 3.37. The molecular formula is C22H27ClN2O2. The van der Waals surface area contributed by atoms with Gasteiger partial charge in [-0.1, -0.05) is 35.9 Å². The summed E-state index contributed by atoms with van der Waals surface area (Å²) in [6.45, 7) is 5.70. The Balaban J connectivity index is 1.50. The molecule has 0 aromatic heterocycles. The number of Topliss-reactive ketones (excluding diaryl/α,β-unsaturated/α-hetero) is 1. The van der Waals surface area contributed by atoms with Crippen molar-refractivity contribution in [2.24, 2.45) is 5.92 Å². The van der Waals surface area contributed by atoms with Crippen molar-refractivity contribution in [1.82, 2.24) is 10.2 Å². The number of ether oxygens (including phenoxy) is 1. The Morgan fingerprint density at radius 3 is 2.78 bits per heavy atom. The summed E-state index contributed by atoms with van der Waals surface area (Å²) in [6.07, 6.45) is 3.60. The van der Waals surface area contributed by atoms with Crippen LogP contribution >= 0.6 is 11.6 Å². The van der Waals surface area contributed by atoms with Crippen LogP contribution in [0.5, 0.6) is 5.75 Å². The Bertz CT molecular complexity index is 834. The summed E-state index contributed by atoms with van der Waals surface area (Å²) in [7, 11) is 0. The molecule has 2 aromatic rings. The Morgan fingerprint density at radius 2 is 2.04 bits per heavy atom. The SMILES string of the molecule is CC(=O)CN[C@@H]1CCN(Cc2cc(Cl)c(OCC3CC3)c3ccccc23)C1. The number of hydrogen-bond donors (Lipinski definition) is 1. The maximum absolute atomic E-state index is 11.2. The third-order valence-corrected chi connectivity index (χ3v) is 5.78. The lowest BCUT2D eigenvalue weighted by Crippen LogP contribution is -2.35. The van der Waals surface area contributed by atoms with E-state index in [9.17, 15) is 4.79 Å². The van der Waals surface area contributed by atoms with E-state index in [2.05, 4.69) is 34.5 Å². The van der Waals surface area contributed by atoms with Crippen molar-refractivity contribution in [3.8, 4) is 5.75 Å². The zero-order valence-corrected chi connectivity index (χ0v) is 16.6. The lowest BCUT2D eigenvalue weighted by Gasteiger charge is -2.20. The van der Waals surface area contributed by atoms with Crippen LogP contribution in [0.15, 0.2) is 30.3 Å². The van der Waals surface area contributed by atoms with Crippen LogP contribution in [0.2, 0.25) is 5.02 Å². The fourth-order valence-electron chi connectivity index (χ4n) is 3.82. The highest BCUT2D eigenvalue weighted by Gasteiger charge is 2.25. The number of benzene rings is 2. The number of fused-ring (bicyclic) bond motifs is 1. The van der Waals surface area contributed by atoms with Gasteiger partial charge in [-0.2, -0.15) is 0 Å². The number of carbonyl (C=O) groups excluding carboxylic acids is 1. The van der Waals surface area contributed by atoms with Gasteiger partial charge < -0.3 is 10.1 Å². The zero-order chi connectivity index (χ0) is 18.8. The molecule has 0 spiro atoms. The van der Waals surface area contributed by atoms with Crippen molar-refractivity contribution >= 4 is 28.2 Å². The van der Waals surface area contributed by atoms with Gasteiger partial charge in [0.2, 0.25) is 0 Å². The number of nitrogens with zero attached hydrogens (tertiary/aromatic N) is 1. The van der Waals surface area contributed by atoms with E-state index < -0.39 is 0 Å². The molecule has 1 atom stereocenters. The average molecular weight is 387 g/mol. The normalized spacial score (nSPS) is 20.3. The van der Waals surface area contributed by atoms with E-state index in [1.54, 1.807) is 6.92 Å². The van der Waals surface area contributed by atoms with Crippen molar-refractivity contribution in [3.63, 3.8) is 0 Å². The Labute approximate surface area is 165 Å². The van der Waals surface area contributed by atoms with E-state index >= 15 is 0 Å². The Kier molecular flexibility index (Phi) is 5.67. The van der Waals surface area contributed by atoms with Crippen molar-refractivity contribution in [2.45, 2.75) is 38.8 Å². The second-order valence-corrected chi connectivity index (χ2v) is 8.36. The van der Waals surface area contributed by atoms with E-state index in [0.717, 1.165) is 43.8 Å². The molecule has 1 heterocycles. The van der Waals surface area contributed by atoms with Crippen LogP contribution in [0, 0.1) is 5.92 Å². The molecule has 2 aromatic carbocycles. The third kappa shape index (κ3) is 4.63. The first-order valence-corrected chi connectivity index (χ1v) is 10.3. The van der Waals surface area contributed by atoms with Crippen LogP contribution in [0.4, 0.5) is 0 Å². The maximum atomic E-state index is 11.2. The van der Waals surface area contributed by atoms with Crippen LogP contribution in [0.3, 0.4) is 0 Å². The molecule has 5 heteroatoms. The monoisotopic (exact) mass is 386 g/mol. The number of hydrogen-bond acceptors (Lipinski definition) is 4. The van der Waals surface area contributed by atoms with Crippen LogP contribution in [0.25, 0.3) is 10.8 Å². The van der Waals surface area contributed by atoms with Crippen LogP contribution in [0.1, 0.15) is 31.7 Å². The van der Waals surface area contributed by atoms with E-state index in [1.807, 2.05) is 6.07 Å². The van der Waals surface area contributed by atoms with Gasteiger partial charge in [-0.3, -0.25) is 9.69 Å². The molecule has 4 rings (SSSR count). The molecule has 1 aliphatic carbocycles. The van der Waals surface area contributed by atoms with E-state index in [1.165, 1.54) is 23.8 Å². The molecule has 4 nitrogen and oxygen atoms in total. The van der Waals surface area contributed by atoms with Crippen LogP contribution < -0.4 is 10.1 Å². The minimum absolute atomic E-state index is 0.188. The van der Waals surface area contributed by atoms with Gasteiger partial charge in [0.1, 0.15) is 11.5 Å². The maximum Gasteiger partial charge on any atom is 0.145 e. The van der Waals surface area contributed by atoms with E-state index in [0.29, 0.717) is 23.5 Å². The minimum Gasteiger partial charge on any atom is -0.491 e. The van der Waals surface area contributed by atoms with Crippen LogP contribution in [-0.4, -0.2) is 43.0 Å². The molecular weight excluding hydrogens is 360 g/mol. The zero-order valence-electron chi connectivity index (χ0n) is 15.8. The third-order valence-electron chi connectivity index (χ3n) is 5.50. The highest BCUT2D eigenvalue weighted by atomic mass is 35.5. The number of rotatable bonds is 8. The van der Waals surface area contributed by atoms with Gasteiger partial charge in [-0.25, -0.2) is 0 Å². The highest BCUT2D eigenvalue weighted by Crippen LogP contribution is 2.38. The molecule has 2 fully saturated rings. The first-order valence-electron chi connectivity index (χ1n) is 9.88. The minimum atomic E-state index is 0.188. The number of likely N-dealkylation sites (tertiary alicyclic amines) is 1. The summed E-state index contributed by atoms with van der Waals surface area (Å²) in [5.74, 6) is 1.71. The molecule has 1 saturated carbocycles. The topological polar surface area (TPSA) is 41.6 Å². The molecule has 0 radical (unpaired) electrons. The lowest BCUT2D eigenvalue weighted by molar-refractivity contribution is -0.116. The van der Waals surface area contributed by atoms with Gasteiger partial charge in [-0.05, 0) is 49.1 Å². The molecule has 27 heavy (non-hydrogen) atoms. The van der Waals surface area contributed by atoms with Crippen molar-refractivity contribution < 1.29 is 9.53 Å². The van der Waals surface area contributed by atoms with Gasteiger partial charge in [0.15, 0.2) is 0 Å². The number of halogens is 1. The van der Waals surface area contributed by atoms with Crippen molar-refractivity contribution in [1.29, 1.82) is 0 Å².